The first-order valence-electron chi connectivity index (χ1n) is 9.62. The van der Waals surface area contributed by atoms with Crippen molar-refractivity contribution in [2.24, 2.45) is 0 Å². The summed E-state index contributed by atoms with van der Waals surface area (Å²) < 4.78 is 30.6. The first-order valence-corrected chi connectivity index (χ1v) is 11.2. The van der Waals surface area contributed by atoms with Gasteiger partial charge >= 0.3 is 0 Å². The fourth-order valence-corrected chi connectivity index (χ4v) is 3.97. The number of hydrogen-bond donors (Lipinski definition) is 2. The van der Waals surface area contributed by atoms with E-state index in [1.165, 1.54) is 4.31 Å². The molecule has 0 aliphatic heterocycles. The van der Waals surface area contributed by atoms with Crippen LogP contribution in [0.5, 0.6) is 0 Å². The molecule has 8 nitrogen and oxygen atoms in total. The van der Waals surface area contributed by atoms with Crippen LogP contribution in [0, 0.1) is 0 Å². The van der Waals surface area contributed by atoms with Crippen molar-refractivity contribution in [1.29, 1.82) is 0 Å². The third-order valence-electron chi connectivity index (χ3n) is 4.42. The van der Waals surface area contributed by atoms with E-state index in [2.05, 4.69) is 10.6 Å². The maximum Gasteiger partial charge on any atom is 0.255 e. The lowest BCUT2D eigenvalue weighted by atomic mass is 10.1. The number of ether oxygens (including phenoxy) is 1. The lowest BCUT2D eigenvalue weighted by Crippen LogP contribution is -2.32. The zero-order chi connectivity index (χ0) is 22.1. The van der Waals surface area contributed by atoms with Gasteiger partial charge in [0.1, 0.15) is 0 Å². The van der Waals surface area contributed by atoms with Crippen LogP contribution >= 0.6 is 0 Å². The van der Waals surface area contributed by atoms with Crippen LogP contribution in [0.2, 0.25) is 0 Å². The van der Waals surface area contributed by atoms with Gasteiger partial charge in [0.2, 0.25) is 10.0 Å². The zero-order valence-electron chi connectivity index (χ0n) is 17.3. The van der Waals surface area contributed by atoms with Crippen molar-refractivity contribution >= 4 is 33.2 Å². The van der Waals surface area contributed by atoms with Crippen LogP contribution in [0.4, 0.5) is 11.4 Å². The molecule has 2 N–H and O–H groups in total. The molecule has 2 rings (SSSR count). The molecule has 30 heavy (non-hydrogen) atoms. The van der Waals surface area contributed by atoms with E-state index in [9.17, 15) is 18.0 Å². The smallest absolute Gasteiger partial charge is 0.255 e. The highest BCUT2D eigenvalue weighted by molar-refractivity contribution is 7.92. The summed E-state index contributed by atoms with van der Waals surface area (Å²) in [6, 6.07) is 13.0. The van der Waals surface area contributed by atoms with E-state index in [1.54, 1.807) is 69.5 Å². The molecule has 0 radical (unpaired) electrons. The fourth-order valence-electron chi connectivity index (χ4n) is 2.82. The Morgan fingerprint density at radius 1 is 1.00 bits per heavy atom. The molecule has 0 saturated carbocycles. The van der Waals surface area contributed by atoms with Gasteiger partial charge in [-0.2, -0.15) is 0 Å². The molecule has 0 aliphatic rings. The third kappa shape index (κ3) is 5.80. The number of para-hydroxylation sites is 1. The molecule has 0 heterocycles. The molecule has 0 saturated heterocycles. The predicted molar refractivity (Wildman–Crippen MR) is 118 cm³/mol. The van der Waals surface area contributed by atoms with Gasteiger partial charge in [0, 0.05) is 25.8 Å². The molecule has 2 amide bonds. The number of hydrogen-bond acceptors (Lipinski definition) is 5. The summed E-state index contributed by atoms with van der Waals surface area (Å²) >= 11 is 0. The average molecular weight is 434 g/mol. The number of carbonyl (C=O) groups is 2. The Labute approximate surface area is 177 Å². The maximum absolute atomic E-state index is 12.7. The van der Waals surface area contributed by atoms with Crippen LogP contribution < -0.4 is 14.9 Å². The van der Waals surface area contributed by atoms with Gasteiger partial charge < -0.3 is 15.4 Å². The van der Waals surface area contributed by atoms with Gasteiger partial charge in [-0.15, -0.1) is 0 Å². The highest BCUT2D eigenvalue weighted by Crippen LogP contribution is 2.21. The minimum Gasteiger partial charge on any atom is -0.383 e. The molecular formula is C21H27N3O5S. The fraction of sp³-hybridized carbons (Fsp3) is 0.333. The van der Waals surface area contributed by atoms with Crippen molar-refractivity contribution in [1.82, 2.24) is 5.32 Å². The number of carbonyl (C=O) groups excluding carboxylic acids is 2. The van der Waals surface area contributed by atoms with E-state index in [-0.39, 0.29) is 11.7 Å². The number of nitrogens with zero attached hydrogens (tertiary/aromatic N) is 1. The van der Waals surface area contributed by atoms with Gasteiger partial charge in [-0.25, -0.2) is 8.42 Å². The van der Waals surface area contributed by atoms with Crippen LogP contribution in [0.25, 0.3) is 0 Å². The highest BCUT2D eigenvalue weighted by atomic mass is 32.2. The Hall–Kier alpha value is -2.91. The summed E-state index contributed by atoms with van der Waals surface area (Å²) in [5.74, 6) is -0.728. The van der Waals surface area contributed by atoms with Crippen LogP contribution in [0.3, 0.4) is 0 Å². The quantitative estimate of drug-likeness (QED) is 0.560. The van der Waals surface area contributed by atoms with Crippen molar-refractivity contribution in [3.05, 3.63) is 59.7 Å². The van der Waals surface area contributed by atoms with Gasteiger partial charge in [0.25, 0.3) is 11.8 Å². The second-order valence-electron chi connectivity index (χ2n) is 6.36. The molecule has 0 aliphatic carbocycles. The summed E-state index contributed by atoms with van der Waals surface area (Å²) in [5.41, 5.74) is 1.56. The molecule has 0 fully saturated rings. The van der Waals surface area contributed by atoms with Gasteiger partial charge in [0.05, 0.1) is 29.3 Å². The number of sulfonamides is 1. The van der Waals surface area contributed by atoms with Crippen LogP contribution in [-0.2, 0) is 14.8 Å². The standard InChI is InChI=1S/C21H27N3O5S/c1-4-24(30(27,28)5-2)17-12-10-16(11-13-17)20(25)23-19-9-7-6-8-18(19)21(26)22-14-15-29-3/h6-13H,4-5,14-15H2,1-3H3,(H,22,26)(H,23,25). The first kappa shape index (κ1) is 23.4. The van der Waals surface area contributed by atoms with E-state index in [1.807, 2.05) is 0 Å². The number of anilines is 2. The molecule has 0 aromatic heterocycles. The lowest BCUT2D eigenvalue weighted by Gasteiger charge is -2.22. The second kappa shape index (κ2) is 10.7. The summed E-state index contributed by atoms with van der Waals surface area (Å²) in [6.45, 7) is 4.38. The minimum absolute atomic E-state index is 0.00763. The van der Waals surface area contributed by atoms with Gasteiger partial charge in [0.15, 0.2) is 0 Å². The molecule has 162 valence electrons. The maximum atomic E-state index is 12.7. The molecule has 0 bridgehead atoms. The number of nitrogens with one attached hydrogen (secondary N) is 2. The van der Waals surface area contributed by atoms with E-state index >= 15 is 0 Å². The van der Waals surface area contributed by atoms with Crippen molar-refractivity contribution in [3.8, 4) is 0 Å². The monoisotopic (exact) mass is 433 g/mol. The Balaban J connectivity index is 2.16. The van der Waals surface area contributed by atoms with E-state index < -0.39 is 15.9 Å². The first-order chi connectivity index (χ1) is 14.3. The van der Waals surface area contributed by atoms with Crippen molar-refractivity contribution in [2.45, 2.75) is 13.8 Å². The molecule has 2 aromatic carbocycles. The van der Waals surface area contributed by atoms with Crippen LogP contribution in [-0.4, -0.2) is 52.8 Å². The largest absolute Gasteiger partial charge is 0.383 e. The van der Waals surface area contributed by atoms with Gasteiger partial charge in [-0.1, -0.05) is 12.1 Å². The number of rotatable bonds is 10. The number of methoxy groups -OCH3 is 1. The van der Waals surface area contributed by atoms with E-state index in [4.69, 9.17) is 4.74 Å². The van der Waals surface area contributed by atoms with E-state index in [0.29, 0.717) is 42.2 Å². The lowest BCUT2D eigenvalue weighted by molar-refractivity contribution is 0.0938. The SMILES string of the molecule is CCN(c1ccc(C(=O)Nc2ccccc2C(=O)NCCOC)cc1)S(=O)(=O)CC. The Kier molecular flexibility index (Phi) is 8.37. The highest BCUT2D eigenvalue weighted by Gasteiger charge is 2.19. The summed E-state index contributed by atoms with van der Waals surface area (Å²) in [4.78, 5) is 25.0. The summed E-state index contributed by atoms with van der Waals surface area (Å²) in [7, 11) is -1.85. The molecule has 0 unspecified atom stereocenters. The Bertz CT molecular complexity index is 974. The zero-order valence-corrected chi connectivity index (χ0v) is 18.2. The molecule has 2 aromatic rings. The van der Waals surface area contributed by atoms with Crippen molar-refractivity contribution in [2.75, 3.05) is 42.2 Å². The summed E-state index contributed by atoms with van der Waals surface area (Å²) in [6.07, 6.45) is 0. The van der Waals surface area contributed by atoms with Crippen molar-refractivity contribution < 1.29 is 22.7 Å². The summed E-state index contributed by atoms with van der Waals surface area (Å²) in [5, 5.41) is 5.46. The predicted octanol–water partition coefficient (Wildman–Crippen LogP) is 2.49. The molecule has 0 atom stereocenters. The Morgan fingerprint density at radius 3 is 2.27 bits per heavy atom. The average Bonchev–Trinajstić information content (AvgIpc) is 2.75. The molecule has 9 heteroatoms. The number of benzene rings is 2. The topological polar surface area (TPSA) is 105 Å². The normalized spacial score (nSPS) is 11.0. The minimum atomic E-state index is -3.39. The molecular weight excluding hydrogens is 406 g/mol. The van der Waals surface area contributed by atoms with Crippen molar-refractivity contribution in [3.63, 3.8) is 0 Å². The van der Waals surface area contributed by atoms with Crippen LogP contribution in [0.1, 0.15) is 34.6 Å². The molecule has 0 spiro atoms. The van der Waals surface area contributed by atoms with E-state index in [0.717, 1.165) is 0 Å². The van der Waals surface area contributed by atoms with Crippen LogP contribution in [0.15, 0.2) is 48.5 Å². The Morgan fingerprint density at radius 2 is 1.67 bits per heavy atom. The third-order valence-corrected chi connectivity index (χ3v) is 6.29. The van der Waals surface area contributed by atoms with Gasteiger partial charge in [-0.05, 0) is 50.2 Å². The van der Waals surface area contributed by atoms with Gasteiger partial charge in [-0.3, -0.25) is 13.9 Å². The second-order valence-corrected chi connectivity index (χ2v) is 8.54. The number of amides is 2.